The van der Waals surface area contributed by atoms with Crippen LogP contribution in [0.4, 0.5) is 5.69 Å². The molecule has 218 valence electrons. The smallest absolute Gasteiger partial charge is 0.275 e. The van der Waals surface area contributed by atoms with Gasteiger partial charge in [-0.25, -0.2) is 4.98 Å². The van der Waals surface area contributed by atoms with Crippen LogP contribution in [-0.4, -0.2) is 62.8 Å². The summed E-state index contributed by atoms with van der Waals surface area (Å²) in [5.74, 6) is -0.279. The molecule has 3 heterocycles. The van der Waals surface area contributed by atoms with E-state index >= 15 is 0 Å². The number of rotatable bonds is 8. The number of carbonyl (C=O) groups excluding carboxylic acids is 1. The van der Waals surface area contributed by atoms with Crippen LogP contribution in [0.15, 0.2) is 79.0 Å². The number of hydrogen-bond donors (Lipinski definition) is 3. The maximum absolute atomic E-state index is 12.9. The van der Waals surface area contributed by atoms with Crippen LogP contribution in [0.5, 0.6) is 0 Å². The summed E-state index contributed by atoms with van der Waals surface area (Å²) in [6, 6.07) is 22.9. The SMILES string of the molecule is C[C@@H]1[C@H](CN2CCC[C@H]2CO)O[C@H](c2ccc(NC(=O)c3cnc4ccccc4n3)cc2)O[C@@H]1c1ccc(CO)cc1. The van der Waals surface area contributed by atoms with Gasteiger partial charge in [0.1, 0.15) is 5.69 Å². The number of likely N-dealkylation sites (tertiary alicyclic amines) is 1. The topological polar surface area (TPSA) is 117 Å². The van der Waals surface area contributed by atoms with E-state index in [9.17, 15) is 15.0 Å². The first-order valence-electron chi connectivity index (χ1n) is 14.5. The van der Waals surface area contributed by atoms with Crippen molar-refractivity contribution in [1.82, 2.24) is 14.9 Å². The summed E-state index contributed by atoms with van der Waals surface area (Å²) in [7, 11) is 0. The number of ether oxygens (including phenoxy) is 2. The average molecular weight is 569 g/mol. The highest BCUT2D eigenvalue weighted by Crippen LogP contribution is 2.42. The van der Waals surface area contributed by atoms with Gasteiger partial charge in [0, 0.05) is 29.8 Å². The molecule has 6 rings (SSSR count). The lowest BCUT2D eigenvalue weighted by Crippen LogP contribution is -2.46. The monoisotopic (exact) mass is 568 g/mol. The Labute approximate surface area is 245 Å². The zero-order valence-electron chi connectivity index (χ0n) is 23.6. The largest absolute Gasteiger partial charge is 0.395 e. The fourth-order valence-electron chi connectivity index (χ4n) is 5.89. The molecule has 5 atom stereocenters. The van der Waals surface area contributed by atoms with Crippen LogP contribution in [0, 0.1) is 5.92 Å². The van der Waals surface area contributed by atoms with Crippen molar-refractivity contribution in [3.63, 3.8) is 0 Å². The Hall–Kier alpha value is -3.73. The zero-order chi connectivity index (χ0) is 29.1. The number of fused-ring (bicyclic) bond motifs is 1. The second-order valence-electron chi connectivity index (χ2n) is 11.1. The number of aromatic nitrogens is 2. The number of anilines is 1. The average Bonchev–Trinajstić information content (AvgIpc) is 3.49. The minimum Gasteiger partial charge on any atom is -0.395 e. The highest BCUT2D eigenvalue weighted by Gasteiger charge is 2.40. The van der Waals surface area contributed by atoms with Gasteiger partial charge in [0.2, 0.25) is 0 Å². The summed E-state index contributed by atoms with van der Waals surface area (Å²) in [6.45, 7) is 3.92. The molecule has 0 unspecified atom stereocenters. The van der Waals surface area contributed by atoms with Crippen molar-refractivity contribution in [2.24, 2.45) is 5.92 Å². The number of nitrogens with one attached hydrogen (secondary N) is 1. The van der Waals surface area contributed by atoms with Gasteiger partial charge in [0.15, 0.2) is 6.29 Å². The molecule has 2 fully saturated rings. The molecule has 0 aliphatic carbocycles. The first kappa shape index (κ1) is 28.4. The molecule has 3 aromatic carbocycles. The summed E-state index contributed by atoms with van der Waals surface area (Å²) in [4.78, 5) is 24.0. The van der Waals surface area contributed by atoms with E-state index in [4.69, 9.17) is 9.47 Å². The van der Waals surface area contributed by atoms with Crippen LogP contribution in [0.3, 0.4) is 0 Å². The molecule has 4 aromatic rings. The third-order valence-corrected chi connectivity index (χ3v) is 8.37. The number of hydrogen-bond acceptors (Lipinski definition) is 8. The Morgan fingerprint density at radius 2 is 1.71 bits per heavy atom. The molecule has 3 N–H and O–H groups in total. The highest BCUT2D eigenvalue weighted by atomic mass is 16.7. The molecule has 2 saturated heterocycles. The minimum atomic E-state index is -0.611. The Morgan fingerprint density at radius 3 is 2.45 bits per heavy atom. The van der Waals surface area contributed by atoms with E-state index in [2.05, 4.69) is 27.1 Å². The van der Waals surface area contributed by atoms with Crippen LogP contribution in [0.2, 0.25) is 0 Å². The summed E-state index contributed by atoms with van der Waals surface area (Å²) >= 11 is 0. The van der Waals surface area contributed by atoms with Gasteiger partial charge in [-0.15, -0.1) is 0 Å². The number of benzene rings is 3. The van der Waals surface area contributed by atoms with Crippen molar-refractivity contribution in [3.8, 4) is 0 Å². The molecular weight excluding hydrogens is 532 g/mol. The lowest BCUT2D eigenvalue weighted by molar-refractivity contribution is -0.276. The predicted octanol–water partition coefficient (Wildman–Crippen LogP) is 4.62. The van der Waals surface area contributed by atoms with Crippen molar-refractivity contribution >= 4 is 22.6 Å². The van der Waals surface area contributed by atoms with Crippen molar-refractivity contribution in [1.29, 1.82) is 0 Å². The fraction of sp³-hybridized carbons (Fsp3) is 0.364. The number of para-hydroxylation sites is 2. The Kier molecular flexibility index (Phi) is 8.55. The van der Waals surface area contributed by atoms with Crippen LogP contribution in [-0.2, 0) is 16.1 Å². The Balaban J connectivity index is 1.20. The summed E-state index contributed by atoms with van der Waals surface area (Å²) in [6.07, 6.45) is 2.58. The van der Waals surface area contributed by atoms with Crippen molar-refractivity contribution in [2.75, 3.05) is 25.0 Å². The Bertz CT molecular complexity index is 1510. The van der Waals surface area contributed by atoms with E-state index in [0.29, 0.717) is 17.7 Å². The third kappa shape index (κ3) is 6.06. The van der Waals surface area contributed by atoms with E-state index in [1.165, 1.54) is 6.20 Å². The summed E-state index contributed by atoms with van der Waals surface area (Å²) < 4.78 is 13.1. The van der Waals surface area contributed by atoms with Gasteiger partial charge in [-0.05, 0) is 54.8 Å². The standard InChI is InChI=1S/C33H36N4O5/c1-21-30(18-37-16-4-5-26(37)20-39)41-33(42-31(21)23-10-8-22(19-38)9-11-23)24-12-14-25(15-13-24)35-32(40)29-17-34-27-6-2-3-7-28(27)36-29/h2-3,6-15,17,21,26,30-31,33,38-39H,4-5,16,18-20H2,1H3,(H,35,40)/t21-,26+,30+,31+,33+/m1/s1. The number of aliphatic hydroxyl groups excluding tert-OH is 2. The lowest BCUT2D eigenvalue weighted by atomic mass is 9.90. The highest BCUT2D eigenvalue weighted by molar-refractivity contribution is 6.03. The molecular formula is C33H36N4O5. The first-order chi connectivity index (χ1) is 20.5. The maximum atomic E-state index is 12.9. The van der Waals surface area contributed by atoms with Crippen LogP contribution in [0.1, 0.15) is 59.3 Å². The number of nitrogens with zero attached hydrogens (tertiary/aromatic N) is 3. The predicted molar refractivity (Wildman–Crippen MR) is 159 cm³/mol. The van der Waals surface area contributed by atoms with E-state index < -0.39 is 6.29 Å². The van der Waals surface area contributed by atoms with Crippen LogP contribution < -0.4 is 5.32 Å². The van der Waals surface area contributed by atoms with Crippen molar-refractivity contribution in [3.05, 3.63) is 101 Å². The van der Waals surface area contributed by atoms with Crippen molar-refractivity contribution in [2.45, 2.75) is 50.9 Å². The Morgan fingerprint density at radius 1 is 0.976 bits per heavy atom. The van der Waals surface area contributed by atoms with E-state index in [-0.39, 0.29) is 49.0 Å². The fourth-order valence-corrected chi connectivity index (χ4v) is 5.89. The van der Waals surface area contributed by atoms with Crippen LogP contribution in [0.25, 0.3) is 11.0 Å². The lowest BCUT2D eigenvalue weighted by Gasteiger charge is -2.43. The number of amides is 1. The van der Waals surface area contributed by atoms with Gasteiger partial charge in [0.25, 0.3) is 5.91 Å². The van der Waals surface area contributed by atoms with Gasteiger partial charge in [-0.2, -0.15) is 0 Å². The van der Waals surface area contributed by atoms with Crippen LogP contribution >= 0.6 is 0 Å². The molecule has 1 aromatic heterocycles. The second-order valence-corrected chi connectivity index (χ2v) is 11.1. The molecule has 0 radical (unpaired) electrons. The van der Waals surface area contributed by atoms with Gasteiger partial charge in [-0.1, -0.05) is 55.5 Å². The van der Waals surface area contributed by atoms with E-state index in [1.807, 2.05) is 72.8 Å². The van der Waals surface area contributed by atoms with Gasteiger partial charge < -0.3 is 25.0 Å². The summed E-state index contributed by atoms with van der Waals surface area (Å²) in [5, 5.41) is 22.3. The van der Waals surface area contributed by atoms with E-state index in [0.717, 1.165) is 41.6 Å². The van der Waals surface area contributed by atoms with Gasteiger partial charge >= 0.3 is 0 Å². The summed E-state index contributed by atoms with van der Waals surface area (Å²) in [5.41, 5.74) is 4.98. The minimum absolute atomic E-state index is 0.0104. The molecule has 0 bridgehead atoms. The quantitative estimate of drug-likeness (QED) is 0.282. The molecule has 9 nitrogen and oxygen atoms in total. The van der Waals surface area contributed by atoms with E-state index in [1.54, 1.807) is 0 Å². The molecule has 2 aliphatic heterocycles. The van der Waals surface area contributed by atoms with Gasteiger partial charge in [0.05, 0.1) is 42.7 Å². The normalized spacial score (nSPS) is 24.6. The molecule has 0 spiro atoms. The molecule has 42 heavy (non-hydrogen) atoms. The second kappa shape index (κ2) is 12.6. The molecule has 0 saturated carbocycles. The molecule has 1 amide bonds. The first-order valence-corrected chi connectivity index (χ1v) is 14.5. The molecule has 2 aliphatic rings. The maximum Gasteiger partial charge on any atom is 0.275 e. The van der Waals surface area contributed by atoms with Gasteiger partial charge in [-0.3, -0.25) is 14.7 Å². The molecule has 9 heteroatoms. The van der Waals surface area contributed by atoms with Crippen molar-refractivity contribution < 1.29 is 24.5 Å². The zero-order valence-corrected chi connectivity index (χ0v) is 23.6. The number of carbonyl (C=O) groups is 1. The third-order valence-electron chi connectivity index (χ3n) is 8.37. The number of aliphatic hydroxyl groups is 2.